The van der Waals surface area contributed by atoms with Crippen LogP contribution in [0.1, 0.15) is 18.9 Å². The average molecular weight is 279 g/mol. The highest BCUT2D eigenvalue weighted by atomic mass is 16.6. The Morgan fingerprint density at radius 2 is 2.15 bits per heavy atom. The molecule has 5 heteroatoms. The third-order valence-electron chi connectivity index (χ3n) is 3.42. The van der Waals surface area contributed by atoms with E-state index in [0.717, 1.165) is 5.56 Å². The van der Waals surface area contributed by atoms with Crippen molar-refractivity contribution in [1.29, 1.82) is 0 Å². The van der Waals surface area contributed by atoms with Crippen molar-refractivity contribution in [3.05, 3.63) is 35.9 Å². The van der Waals surface area contributed by atoms with Gasteiger partial charge in [-0.1, -0.05) is 30.3 Å². The molecule has 1 aromatic rings. The maximum atomic E-state index is 11.8. The van der Waals surface area contributed by atoms with Crippen molar-refractivity contribution in [2.24, 2.45) is 0 Å². The molecule has 1 aliphatic rings. The number of carbonyl (C=O) groups is 1. The molecule has 0 unspecified atom stereocenters. The summed E-state index contributed by atoms with van der Waals surface area (Å²) in [6.07, 6.45) is 0.205. The molecule has 2 rings (SSSR count). The van der Waals surface area contributed by atoms with Crippen LogP contribution in [0.25, 0.3) is 0 Å². The quantitative estimate of drug-likeness (QED) is 0.893. The minimum Gasteiger partial charge on any atom is -0.450 e. The first-order valence-electron chi connectivity index (χ1n) is 6.94. The van der Waals surface area contributed by atoms with Crippen molar-refractivity contribution in [2.45, 2.75) is 32.1 Å². The highest BCUT2D eigenvalue weighted by Gasteiger charge is 2.36. The summed E-state index contributed by atoms with van der Waals surface area (Å²) in [7, 11) is 0. The van der Waals surface area contributed by atoms with Crippen molar-refractivity contribution >= 4 is 6.09 Å². The van der Waals surface area contributed by atoms with Gasteiger partial charge in [0.25, 0.3) is 0 Å². The Bertz CT molecular complexity index is 423. The Balaban J connectivity index is 1.87. The summed E-state index contributed by atoms with van der Waals surface area (Å²) in [5, 5.41) is 9.35. The number of benzene rings is 1. The van der Waals surface area contributed by atoms with Crippen LogP contribution in [0.15, 0.2) is 30.3 Å². The molecule has 0 aromatic heterocycles. The van der Waals surface area contributed by atoms with Crippen LogP contribution in [-0.2, 0) is 16.1 Å². The SMILES string of the molecule is CCOC(=O)N1C[C@H](OCc2ccccc2)C[C@H]1CO. The van der Waals surface area contributed by atoms with Gasteiger partial charge < -0.3 is 19.5 Å². The Labute approximate surface area is 119 Å². The van der Waals surface area contributed by atoms with Gasteiger partial charge in [-0.25, -0.2) is 4.79 Å². The van der Waals surface area contributed by atoms with Crippen LogP contribution >= 0.6 is 0 Å². The molecule has 0 spiro atoms. The number of ether oxygens (including phenoxy) is 2. The van der Waals surface area contributed by atoms with E-state index in [1.54, 1.807) is 11.8 Å². The molecule has 2 atom stereocenters. The molecule has 0 radical (unpaired) electrons. The van der Waals surface area contributed by atoms with Crippen molar-refractivity contribution in [1.82, 2.24) is 4.90 Å². The van der Waals surface area contributed by atoms with Crippen molar-refractivity contribution in [2.75, 3.05) is 19.8 Å². The number of amides is 1. The molecule has 1 amide bonds. The molecule has 1 N–H and O–H groups in total. The third kappa shape index (κ3) is 3.71. The molecular weight excluding hydrogens is 258 g/mol. The summed E-state index contributed by atoms with van der Waals surface area (Å²) < 4.78 is 10.8. The Morgan fingerprint density at radius 1 is 1.40 bits per heavy atom. The molecular formula is C15H21NO4. The maximum absolute atomic E-state index is 11.8. The van der Waals surface area contributed by atoms with E-state index in [-0.39, 0.29) is 24.8 Å². The standard InChI is InChI=1S/C15H21NO4/c1-2-19-15(18)16-9-14(8-13(16)10-17)20-11-12-6-4-3-5-7-12/h3-7,13-14,17H,2,8-11H2,1H3/t13-,14+/m0/s1. The monoisotopic (exact) mass is 279 g/mol. The fourth-order valence-corrected chi connectivity index (χ4v) is 2.39. The lowest BCUT2D eigenvalue weighted by atomic mass is 10.2. The van der Waals surface area contributed by atoms with E-state index in [0.29, 0.717) is 26.2 Å². The second kappa shape index (κ2) is 7.26. The molecule has 1 saturated heterocycles. The van der Waals surface area contributed by atoms with E-state index in [1.165, 1.54) is 0 Å². The van der Waals surface area contributed by atoms with E-state index >= 15 is 0 Å². The number of carbonyl (C=O) groups excluding carboxylic acids is 1. The van der Waals surface area contributed by atoms with E-state index in [9.17, 15) is 9.90 Å². The normalized spacial score (nSPS) is 22.0. The minimum atomic E-state index is -0.377. The summed E-state index contributed by atoms with van der Waals surface area (Å²) in [6.45, 7) is 3.02. The van der Waals surface area contributed by atoms with Gasteiger partial charge in [-0.3, -0.25) is 0 Å². The Morgan fingerprint density at radius 3 is 2.80 bits per heavy atom. The number of nitrogens with zero attached hydrogens (tertiary/aromatic N) is 1. The summed E-state index contributed by atoms with van der Waals surface area (Å²) in [5.41, 5.74) is 1.10. The predicted octanol–water partition coefficient (Wildman–Crippen LogP) is 1.79. The van der Waals surface area contributed by atoms with Gasteiger partial charge in [0.2, 0.25) is 0 Å². The van der Waals surface area contributed by atoms with Gasteiger partial charge in [0.05, 0.1) is 38.5 Å². The summed E-state index contributed by atoms with van der Waals surface area (Å²) >= 11 is 0. The van der Waals surface area contributed by atoms with Crippen LogP contribution in [0.3, 0.4) is 0 Å². The smallest absolute Gasteiger partial charge is 0.410 e. The zero-order chi connectivity index (χ0) is 14.4. The lowest BCUT2D eigenvalue weighted by Crippen LogP contribution is -2.38. The molecule has 110 valence electrons. The lowest BCUT2D eigenvalue weighted by molar-refractivity contribution is 0.0442. The number of aliphatic hydroxyl groups excluding tert-OH is 1. The van der Waals surface area contributed by atoms with Crippen molar-refractivity contribution in [3.63, 3.8) is 0 Å². The molecule has 0 saturated carbocycles. The topological polar surface area (TPSA) is 59.0 Å². The second-order valence-corrected chi connectivity index (χ2v) is 4.84. The average Bonchev–Trinajstić information content (AvgIpc) is 2.90. The molecule has 0 aliphatic carbocycles. The van der Waals surface area contributed by atoms with Crippen molar-refractivity contribution < 1.29 is 19.4 Å². The predicted molar refractivity (Wildman–Crippen MR) is 74.2 cm³/mol. The number of aliphatic hydroxyl groups is 1. The van der Waals surface area contributed by atoms with Gasteiger partial charge >= 0.3 is 6.09 Å². The van der Waals surface area contributed by atoms with Crippen molar-refractivity contribution in [3.8, 4) is 0 Å². The van der Waals surface area contributed by atoms with Gasteiger partial charge in [-0.05, 0) is 18.9 Å². The fourth-order valence-electron chi connectivity index (χ4n) is 2.39. The van der Waals surface area contributed by atoms with Crippen LogP contribution in [0.4, 0.5) is 4.79 Å². The fraction of sp³-hybridized carbons (Fsp3) is 0.533. The van der Waals surface area contributed by atoms with Crippen LogP contribution < -0.4 is 0 Å². The zero-order valence-corrected chi connectivity index (χ0v) is 11.7. The number of hydrogen-bond acceptors (Lipinski definition) is 4. The van der Waals surface area contributed by atoms with Crippen LogP contribution in [0.5, 0.6) is 0 Å². The van der Waals surface area contributed by atoms with E-state index in [2.05, 4.69) is 0 Å². The molecule has 1 aromatic carbocycles. The maximum Gasteiger partial charge on any atom is 0.410 e. The highest BCUT2D eigenvalue weighted by molar-refractivity contribution is 5.68. The Hall–Kier alpha value is -1.59. The molecule has 5 nitrogen and oxygen atoms in total. The van der Waals surface area contributed by atoms with E-state index in [1.807, 2.05) is 30.3 Å². The highest BCUT2D eigenvalue weighted by Crippen LogP contribution is 2.22. The van der Waals surface area contributed by atoms with Crippen LogP contribution in [0.2, 0.25) is 0 Å². The van der Waals surface area contributed by atoms with Gasteiger partial charge in [0.1, 0.15) is 0 Å². The molecule has 1 heterocycles. The van der Waals surface area contributed by atoms with Gasteiger partial charge in [0, 0.05) is 0 Å². The van der Waals surface area contributed by atoms with Crippen LogP contribution in [0, 0.1) is 0 Å². The minimum absolute atomic E-state index is 0.0586. The van der Waals surface area contributed by atoms with Gasteiger partial charge in [-0.2, -0.15) is 0 Å². The number of likely N-dealkylation sites (tertiary alicyclic amines) is 1. The number of hydrogen-bond donors (Lipinski definition) is 1. The van der Waals surface area contributed by atoms with Gasteiger partial charge in [-0.15, -0.1) is 0 Å². The Kier molecular flexibility index (Phi) is 5.38. The first kappa shape index (κ1) is 14.8. The summed E-state index contributed by atoms with van der Waals surface area (Å²) in [4.78, 5) is 13.3. The molecule has 1 aliphatic heterocycles. The molecule has 1 fully saturated rings. The van der Waals surface area contributed by atoms with Gasteiger partial charge in [0.15, 0.2) is 0 Å². The molecule has 0 bridgehead atoms. The summed E-state index contributed by atoms with van der Waals surface area (Å²) in [6, 6.07) is 9.69. The van der Waals surface area contributed by atoms with E-state index in [4.69, 9.17) is 9.47 Å². The lowest BCUT2D eigenvalue weighted by Gasteiger charge is -2.21. The molecule has 20 heavy (non-hydrogen) atoms. The summed E-state index contributed by atoms with van der Waals surface area (Å²) in [5.74, 6) is 0. The zero-order valence-electron chi connectivity index (χ0n) is 11.7. The van der Waals surface area contributed by atoms with Crippen LogP contribution in [-0.4, -0.2) is 48.0 Å². The first-order valence-corrected chi connectivity index (χ1v) is 6.94. The second-order valence-electron chi connectivity index (χ2n) is 4.84. The number of rotatable bonds is 5. The first-order chi connectivity index (χ1) is 9.74. The largest absolute Gasteiger partial charge is 0.450 e. The van der Waals surface area contributed by atoms with E-state index < -0.39 is 0 Å². The third-order valence-corrected chi connectivity index (χ3v) is 3.42.